The van der Waals surface area contributed by atoms with Crippen molar-refractivity contribution in [1.82, 2.24) is 4.31 Å². The van der Waals surface area contributed by atoms with Crippen molar-refractivity contribution in [2.24, 2.45) is 11.7 Å². The lowest BCUT2D eigenvalue weighted by Crippen LogP contribution is -2.33. The molecular weight excluding hydrogens is 333 g/mol. The summed E-state index contributed by atoms with van der Waals surface area (Å²) in [6.45, 7) is 2.75. The molecule has 0 aliphatic carbocycles. The van der Waals surface area contributed by atoms with Gasteiger partial charge in [-0.3, -0.25) is 0 Å². The van der Waals surface area contributed by atoms with Crippen molar-refractivity contribution in [3.8, 4) is 6.07 Å². The zero-order chi connectivity index (χ0) is 14.9. The van der Waals surface area contributed by atoms with Gasteiger partial charge in [-0.2, -0.15) is 9.57 Å². The van der Waals surface area contributed by atoms with Crippen LogP contribution in [0.3, 0.4) is 0 Å². The van der Waals surface area contributed by atoms with E-state index in [0.29, 0.717) is 18.7 Å². The van der Waals surface area contributed by atoms with Crippen LogP contribution in [0, 0.1) is 17.2 Å². The Balaban J connectivity index is 0.00000220. The van der Waals surface area contributed by atoms with Gasteiger partial charge >= 0.3 is 0 Å². The Morgan fingerprint density at radius 1 is 1.52 bits per heavy atom. The van der Waals surface area contributed by atoms with E-state index in [1.54, 1.807) is 0 Å². The molecular formula is C13H17Cl2N3O2S. The third-order valence-corrected chi connectivity index (χ3v) is 5.96. The average Bonchev–Trinajstić information content (AvgIpc) is 2.88. The third kappa shape index (κ3) is 3.68. The number of benzene rings is 1. The summed E-state index contributed by atoms with van der Waals surface area (Å²) >= 11 is 5.99. The van der Waals surface area contributed by atoms with Crippen molar-refractivity contribution in [1.29, 1.82) is 5.26 Å². The fraction of sp³-hybridized carbons (Fsp3) is 0.462. The minimum absolute atomic E-state index is 0. The number of hydrogen-bond acceptors (Lipinski definition) is 4. The van der Waals surface area contributed by atoms with Crippen LogP contribution >= 0.6 is 24.0 Å². The first-order chi connectivity index (χ1) is 9.36. The zero-order valence-corrected chi connectivity index (χ0v) is 13.9. The summed E-state index contributed by atoms with van der Waals surface area (Å²) in [5, 5.41) is 8.86. The lowest BCUT2D eigenvalue weighted by Gasteiger charge is -2.18. The van der Waals surface area contributed by atoms with Crippen LogP contribution in [-0.4, -0.2) is 31.9 Å². The molecule has 1 saturated heterocycles. The van der Waals surface area contributed by atoms with E-state index in [1.165, 1.54) is 22.5 Å². The maximum atomic E-state index is 12.5. The van der Waals surface area contributed by atoms with Gasteiger partial charge in [0.25, 0.3) is 0 Å². The highest BCUT2D eigenvalue weighted by atomic mass is 35.5. The van der Waals surface area contributed by atoms with Crippen molar-refractivity contribution < 1.29 is 8.42 Å². The predicted octanol–water partition coefficient (Wildman–Crippen LogP) is 1.99. The van der Waals surface area contributed by atoms with Gasteiger partial charge < -0.3 is 5.73 Å². The lowest BCUT2D eigenvalue weighted by molar-refractivity contribution is 0.429. The van der Waals surface area contributed by atoms with E-state index in [2.05, 4.69) is 0 Å². The average molecular weight is 350 g/mol. The number of sulfonamides is 1. The Kier molecular flexibility index (Phi) is 6.02. The molecule has 0 amide bonds. The van der Waals surface area contributed by atoms with Crippen molar-refractivity contribution in [2.45, 2.75) is 24.3 Å². The molecule has 1 aromatic rings. The van der Waals surface area contributed by atoms with Crippen molar-refractivity contribution in [3.05, 3.63) is 28.8 Å². The van der Waals surface area contributed by atoms with E-state index in [9.17, 15) is 8.42 Å². The number of nitriles is 1. The van der Waals surface area contributed by atoms with E-state index < -0.39 is 10.0 Å². The summed E-state index contributed by atoms with van der Waals surface area (Å²) in [6, 6.07) is 6.10. The Morgan fingerprint density at radius 3 is 2.67 bits per heavy atom. The van der Waals surface area contributed by atoms with E-state index in [1.807, 2.05) is 13.0 Å². The van der Waals surface area contributed by atoms with Crippen LogP contribution in [0.15, 0.2) is 23.1 Å². The maximum Gasteiger partial charge on any atom is 0.244 e. The van der Waals surface area contributed by atoms with Crippen molar-refractivity contribution >= 4 is 34.0 Å². The van der Waals surface area contributed by atoms with Crippen LogP contribution in [0.25, 0.3) is 0 Å². The molecule has 21 heavy (non-hydrogen) atoms. The smallest absolute Gasteiger partial charge is 0.244 e. The molecule has 0 bridgehead atoms. The van der Waals surface area contributed by atoms with Gasteiger partial charge in [0, 0.05) is 19.1 Å². The zero-order valence-electron chi connectivity index (χ0n) is 11.5. The summed E-state index contributed by atoms with van der Waals surface area (Å²) < 4.78 is 26.5. The molecule has 0 radical (unpaired) electrons. The Labute approximate surface area is 136 Å². The second-order valence-electron chi connectivity index (χ2n) is 5.03. The fourth-order valence-electron chi connectivity index (χ4n) is 2.32. The SMILES string of the molecule is CC(N)C1CCN(S(=O)(=O)c2ccc(C#N)cc2Cl)C1.Cl. The van der Waals surface area contributed by atoms with Crippen LogP contribution in [-0.2, 0) is 10.0 Å². The van der Waals surface area contributed by atoms with Crippen LogP contribution in [0.1, 0.15) is 18.9 Å². The normalized spacial score (nSPS) is 20.6. The minimum atomic E-state index is -3.62. The topological polar surface area (TPSA) is 87.2 Å². The molecule has 1 aromatic carbocycles. The first-order valence-electron chi connectivity index (χ1n) is 6.31. The minimum Gasteiger partial charge on any atom is -0.328 e. The summed E-state index contributed by atoms with van der Waals surface area (Å²) in [7, 11) is -3.62. The van der Waals surface area contributed by atoms with Crippen LogP contribution in [0.4, 0.5) is 0 Å². The summed E-state index contributed by atoms with van der Waals surface area (Å²) in [4.78, 5) is 0.0449. The van der Waals surface area contributed by atoms with Crippen LogP contribution in [0.5, 0.6) is 0 Å². The highest BCUT2D eigenvalue weighted by molar-refractivity contribution is 7.89. The van der Waals surface area contributed by atoms with Gasteiger partial charge in [-0.15, -0.1) is 12.4 Å². The molecule has 1 fully saturated rings. The molecule has 8 heteroatoms. The second-order valence-corrected chi connectivity index (χ2v) is 7.34. The number of hydrogen-bond donors (Lipinski definition) is 1. The number of nitrogens with two attached hydrogens (primary N) is 1. The van der Waals surface area contributed by atoms with Crippen LogP contribution < -0.4 is 5.73 Å². The highest BCUT2D eigenvalue weighted by Gasteiger charge is 2.34. The monoisotopic (exact) mass is 349 g/mol. The number of rotatable bonds is 3. The highest BCUT2D eigenvalue weighted by Crippen LogP contribution is 2.30. The molecule has 0 spiro atoms. The first-order valence-corrected chi connectivity index (χ1v) is 8.13. The summed E-state index contributed by atoms with van der Waals surface area (Å²) in [5.41, 5.74) is 6.16. The van der Waals surface area contributed by atoms with Gasteiger partial charge in [-0.25, -0.2) is 8.42 Å². The molecule has 116 valence electrons. The van der Waals surface area contributed by atoms with E-state index in [0.717, 1.165) is 6.42 Å². The molecule has 1 aliphatic rings. The number of nitrogens with zero attached hydrogens (tertiary/aromatic N) is 2. The second kappa shape index (κ2) is 6.95. The first kappa shape index (κ1) is 18.2. The summed E-state index contributed by atoms with van der Waals surface area (Å²) in [6.07, 6.45) is 0.755. The van der Waals surface area contributed by atoms with Crippen molar-refractivity contribution in [2.75, 3.05) is 13.1 Å². The molecule has 0 saturated carbocycles. The standard InChI is InChI=1S/C13H16ClN3O2S.ClH/c1-9(16)11-4-5-17(8-11)20(18,19)13-3-2-10(7-15)6-12(13)14;/h2-3,6,9,11H,4-5,8,16H2,1H3;1H. The van der Waals surface area contributed by atoms with Gasteiger partial charge in [0.05, 0.1) is 16.7 Å². The Morgan fingerprint density at radius 2 is 2.19 bits per heavy atom. The molecule has 0 aromatic heterocycles. The number of halogens is 2. The lowest BCUT2D eigenvalue weighted by atomic mass is 10.0. The molecule has 1 aliphatic heterocycles. The molecule has 2 N–H and O–H groups in total. The van der Waals surface area contributed by atoms with Crippen LogP contribution in [0.2, 0.25) is 5.02 Å². The van der Waals surface area contributed by atoms with Gasteiger partial charge in [0.15, 0.2) is 0 Å². The summed E-state index contributed by atoms with van der Waals surface area (Å²) in [5.74, 6) is 0.168. The van der Waals surface area contributed by atoms with E-state index in [-0.39, 0.29) is 34.3 Å². The van der Waals surface area contributed by atoms with E-state index >= 15 is 0 Å². The van der Waals surface area contributed by atoms with Crippen molar-refractivity contribution in [3.63, 3.8) is 0 Å². The molecule has 2 rings (SSSR count). The molecule has 1 heterocycles. The third-order valence-electron chi connectivity index (χ3n) is 3.61. The van der Waals surface area contributed by atoms with Gasteiger partial charge in [0.2, 0.25) is 10.0 Å². The van der Waals surface area contributed by atoms with Gasteiger partial charge in [-0.1, -0.05) is 11.6 Å². The van der Waals surface area contributed by atoms with Gasteiger partial charge in [-0.05, 0) is 37.5 Å². The molecule has 2 unspecified atom stereocenters. The quantitative estimate of drug-likeness (QED) is 0.903. The largest absolute Gasteiger partial charge is 0.328 e. The Hall–Kier alpha value is -0.840. The van der Waals surface area contributed by atoms with E-state index in [4.69, 9.17) is 22.6 Å². The fourth-order valence-corrected chi connectivity index (χ4v) is 4.35. The van der Waals surface area contributed by atoms with Gasteiger partial charge in [0.1, 0.15) is 4.90 Å². The Bertz CT molecular complexity index is 656. The molecule has 2 atom stereocenters. The maximum absolute atomic E-state index is 12.5. The molecule has 5 nitrogen and oxygen atoms in total. The predicted molar refractivity (Wildman–Crippen MR) is 83.9 cm³/mol.